The Labute approximate surface area is 111 Å². The van der Waals surface area contributed by atoms with Crippen LogP contribution in [0.3, 0.4) is 0 Å². The summed E-state index contributed by atoms with van der Waals surface area (Å²) in [4.78, 5) is 4.53. The van der Waals surface area contributed by atoms with Gasteiger partial charge in [0.1, 0.15) is 0 Å². The molecule has 1 aromatic rings. The summed E-state index contributed by atoms with van der Waals surface area (Å²) in [5.74, 6) is 0.495. The maximum Gasteiger partial charge on any atom is 0.0591 e. The zero-order valence-corrected chi connectivity index (χ0v) is 12.1. The normalized spacial score (nSPS) is 11.2. The van der Waals surface area contributed by atoms with Gasteiger partial charge in [-0.1, -0.05) is 26.8 Å². The minimum Gasteiger partial charge on any atom is -0.380 e. The molecule has 0 amide bonds. The first-order valence-corrected chi connectivity index (χ1v) is 6.89. The first-order chi connectivity index (χ1) is 8.65. The van der Waals surface area contributed by atoms with Crippen LogP contribution in [0, 0.1) is 6.92 Å². The van der Waals surface area contributed by atoms with E-state index in [-0.39, 0.29) is 0 Å². The van der Waals surface area contributed by atoms with Crippen LogP contribution in [0.1, 0.15) is 49.9 Å². The molecule has 0 fully saturated rings. The summed E-state index contributed by atoms with van der Waals surface area (Å²) in [6.07, 6.45) is 3.06. The van der Waals surface area contributed by atoms with Gasteiger partial charge in [0.05, 0.1) is 6.61 Å². The van der Waals surface area contributed by atoms with Crippen LogP contribution in [0.4, 0.5) is 0 Å². The molecule has 1 aromatic heterocycles. The molecule has 0 aliphatic rings. The number of aromatic nitrogens is 1. The maximum absolute atomic E-state index is 5.42. The monoisotopic (exact) mass is 250 g/mol. The lowest BCUT2D eigenvalue weighted by Gasteiger charge is -2.11. The Kier molecular flexibility index (Phi) is 6.91. The molecule has 0 spiro atoms. The molecular weight excluding hydrogens is 224 g/mol. The van der Waals surface area contributed by atoms with Crippen molar-refractivity contribution in [2.45, 2.75) is 46.6 Å². The van der Waals surface area contributed by atoms with Crippen molar-refractivity contribution in [3.05, 3.63) is 29.1 Å². The van der Waals surface area contributed by atoms with Crippen molar-refractivity contribution in [3.63, 3.8) is 0 Å². The van der Waals surface area contributed by atoms with Gasteiger partial charge in [0.15, 0.2) is 0 Å². The molecule has 0 bridgehead atoms. The first-order valence-electron chi connectivity index (χ1n) is 6.89. The molecular formula is C15H26N2O. The van der Waals surface area contributed by atoms with Crippen molar-refractivity contribution in [1.29, 1.82) is 0 Å². The molecule has 3 nitrogen and oxygen atoms in total. The van der Waals surface area contributed by atoms with E-state index < -0.39 is 0 Å². The van der Waals surface area contributed by atoms with Crippen LogP contribution in [0.15, 0.2) is 12.3 Å². The Bertz CT molecular complexity index is 350. The van der Waals surface area contributed by atoms with E-state index in [4.69, 9.17) is 4.74 Å². The summed E-state index contributed by atoms with van der Waals surface area (Å²) in [6.45, 7) is 12.0. The predicted molar refractivity (Wildman–Crippen MR) is 75.9 cm³/mol. The molecule has 3 heteroatoms. The number of nitrogens with one attached hydrogen (secondary N) is 1. The highest BCUT2D eigenvalue weighted by Crippen LogP contribution is 2.16. The van der Waals surface area contributed by atoms with Crippen LogP contribution in [-0.2, 0) is 11.3 Å². The molecule has 1 rings (SSSR count). The molecule has 102 valence electrons. The zero-order chi connectivity index (χ0) is 13.4. The van der Waals surface area contributed by atoms with Crippen molar-refractivity contribution >= 4 is 0 Å². The van der Waals surface area contributed by atoms with Crippen molar-refractivity contribution in [3.8, 4) is 0 Å². The highest BCUT2D eigenvalue weighted by Gasteiger charge is 2.05. The van der Waals surface area contributed by atoms with Crippen molar-refractivity contribution < 1.29 is 4.74 Å². The van der Waals surface area contributed by atoms with Gasteiger partial charge in [0.2, 0.25) is 0 Å². The van der Waals surface area contributed by atoms with Crippen LogP contribution < -0.4 is 5.32 Å². The Morgan fingerprint density at radius 3 is 2.72 bits per heavy atom. The number of ether oxygens (including phenoxy) is 1. The summed E-state index contributed by atoms with van der Waals surface area (Å²) in [6, 6.07) is 2.22. The fourth-order valence-electron chi connectivity index (χ4n) is 1.97. The van der Waals surface area contributed by atoms with E-state index in [2.05, 4.69) is 44.1 Å². The maximum atomic E-state index is 5.42. The average Bonchev–Trinajstić information content (AvgIpc) is 2.33. The molecule has 0 aromatic carbocycles. The van der Waals surface area contributed by atoms with Crippen molar-refractivity contribution in [2.75, 3.05) is 19.8 Å². The van der Waals surface area contributed by atoms with E-state index in [9.17, 15) is 0 Å². The van der Waals surface area contributed by atoms with Crippen molar-refractivity contribution in [2.24, 2.45) is 0 Å². The van der Waals surface area contributed by atoms with Crippen LogP contribution in [0.2, 0.25) is 0 Å². The van der Waals surface area contributed by atoms with Crippen LogP contribution in [-0.4, -0.2) is 24.7 Å². The standard InChI is InChI=1S/C15H26N2O/c1-5-7-18-8-6-16-10-14-9-13(4)15(12(2)3)17-11-14/h9,11-12,16H,5-8,10H2,1-4H3. The molecule has 18 heavy (non-hydrogen) atoms. The van der Waals surface area contributed by atoms with Crippen LogP contribution in [0.5, 0.6) is 0 Å². The van der Waals surface area contributed by atoms with Gasteiger partial charge in [-0.2, -0.15) is 0 Å². The first kappa shape index (κ1) is 15.1. The van der Waals surface area contributed by atoms with E-state index >= 15 is 0 Å². The molecule has 0 atom stereocenters. The van der Waals surface area contributed by atoms with Gasteiger partial charge in [0.25, 0.3) is 0 Å². The molecule has 0 unspecified atom stereocenters. The van der Waals surface area contributed by atoms with E-state index in [1.807, 2.05) is 6.20 Å². The lowest BCUT2D eigenvalue weighted by atomic mass is 10.0. The second-order valence-corrected chi connectivity index (χ2v) is 4.99. The number of nitrogens with zero attached hydrogens (tertiary/aromatic N) is 1. The second kappa shape index (κ2) is 8.22. The second-order valence-electron chi connectivity index (χ2n) is 4.99. The fraction of sp³-hybridized carbons (Fsp3) is 0.667. The highest BCUT2D eigenvalue weighted by molar-refractivity contribution is 5.25. The molecule has 0 radical (unpaired) electrons. The van der Waals surface area contributed by atoms with Gasteiger partial charge in [-0.15, -0.1) is 0 Å². The number of rotatable bonds is 8. The third kappa shape index (κ3) is 5.15. The highest BCUT2D eigenvalue weighted by atomic mass is 16.5. The lowest BCUT2D eigenvalue weighted by Crippen LogP contribution is -2.19. The molecule has 0 aliphatic heterocycles. The van der Waals surface area contributed by atoms with Gasteiger partial charge >= 0.3 is 0 Å². The van der Waals surface area contributed by atoms with E-state index in [1.54, 1.807) is 0 Å². The van der Waals surface area contributed by atoms with Crippen LogP contribution >= 0.6 is 0 Å². The van der Waals surface area contributed by atoms with Gasteiger partial charge in [0, 0.05) is 31.6 Å². The van der Waals surface area contributed by atoms with Gasteiger partial charge in [-0.3, -0.25) is 4.98 Å². The zero-order valence-electron chi connectivity index (χ0n) is 12.1. The molecule has 1 N–H and O–H groups in total. The smallest absolute Gasteiger partial charge is 0.0591 e. The third-order valence-electron chi connectivity index (χ3n) is 2.82. The summed E-state index contributed by atoms with van der Waals surface area (Å²) in [5.41, 5.74) is 3.73. The summed E-state index contributed by atoms with van der Waals surface area (Å²) >= 11 is 0. The van der Waals surface area contributed by atoms with E-state index in [0.29, 0.717) is 5.92 Å². The Balaban J connectivity index is 2.33. The minimum absolute atomic E-state index is 0.495. The summed E-state index contributed by atoms with van der Waals surface area (Å²) < 4.78 is 5.42. The molecule has 1 heterocycles. The molecule has 0 saturated heterocycles. The fourth-order valence-corrected chi connectivity index (χ4v) is 1.97. The molecule has 0 aliphatic carbocycles. The Morgan fingerprint density at radius 2 is 2.11 bits per heavy atom. The number of hydrogen-bond acceptors (Lipinski definition) is 3. The SMILES string of the molecule is CCCOCCNCc1cnc(C(C)C)c(C)c1. The number of hydrogen-bond donors (Lipinski definition) is 1. The Morgan fingerprint density at radius 1 is 1.33 bits per heavy atom. The summed E-state index contributed by atoms with van der Waals surface area (Å²) in [7, 11) is 0. The minimum atomic E-state index is 0.495. The van der Waals surface area contributed by atoms with Crippen LogP contribution in [0.25, 0.3) is 0 Å². The largest absolute Gasteiger partial charge is 0.380 e. The average molecular weight is 250 g/mol. The van der Waals surface area contributed by atoms with E-state index in [0.717, 1.165) is 32.7 Å². The van der Waals surface area contributed by atoms with Crippen molar-refractivity contribution in [1.82, 2.24) is 10.3 Å². The third-order valence-corrected chi connectivity index (χ3v) is 2.82. The van der Waals surface area contributed by atoms with E-state index in [1.165, 1.54) is 16.8 Å². The number of aryl methyl sites for hydroxylation is 1. The summed E-state index contributed by atoms with van der Waals surface area (Å²) in [5, 5.41) is 3.37. The van der Waals surface area contributed by atoms with Gasteiger partial charge in [-0.25, -0.2) is 0 Å². The predicted octanol–water partition coefficient (Wildman–Crippen LogP) is 3.03. The van der Waals surface area contributed by atoms with Gasteiger partial charge in [-0.05, 0) is 30.4 Å². The quantitative estimate of drug-likeness (QED) is 0.720. The Hall–Kier alpha value is -0.930. The molecule has 0 saturated carbocycles. The van der Waals surface area contributed by atoms with Gasteiger partial charge < -0.3 is 10.1 Å². The number of pyridine rings is 1. The lowest BCUT2D eigenvalue weighted by molar-refractivity contribution is 0.136. The topological polar surface area (TPSA) is 34.1 Å².